The van der Waals surface area contributed by atoms with Crippen LogP contribution >= 0.6 is 11.6 Å². The van der Waals surface area contributed by atoms with Crippen LogP contribution in [0.15, 0.2) is 24.3 Å². The minimum atomic E-state index is -2.59. The lowest BCUT2D eigenvalue weighted by Crippen LogP contribution is -2.50. The van der Waals surface area contributed by atoms with Crippen LogP contribution in [-0.2, 0) is 11.3 Å². The molecule has 1 saturated heterocycles. The van der Waals surface area contributed by atoms with Crippen LogP contribution in [-0.4, -0.2) is 35.4 Å². The van der Waals surface area contributed by atoms with Crippen LogP contribution in [0.2, 0.25) is 5.02 Å². The van der Waals surface area contributed by atoms with Gasteiger partial charge in [0.25, 0.3) is 0 Å². The maximum atomic E-state index is 13.5. The van der Waals surface area contributed by atoms with Gasteiger partial charge in [-0.25, -0.2) is 8.78 Å². The molecular weight excluding hydrogens is 334 g/mol. The first-order chi connectivity index (χ1) is 11.4. The van der Waals surface area contributed by atoms with E-state index in [-0.39, 0.29) is 30.8 Å². The number of hydrogen-bond acceptors (Lipinski definition) is 2. The van der Waals surface area contributed by atoms with Crippen molar-refractivity contribution in [3.05, 3.63) is 34.9 Å². The van der Waals surface area contributed by atoms with Gasteiger partial charge in [0.05, 0.1) is 6.04 Å². The van der Waals surface area contributed by atoms with Gasteiger partial charge in [0.2, 0.25) is 11.8 Å². The van der Waals surface area contributed by atoms with E-state index in [2.05, 4.69) is 5.32 Å². The first kappa shape index (κ1) is 17.6. The second-order valence-electron chi connectivity index (χ2n) is 6.83. The average molecular weight is 357 g/mol. The summed E-state index contributed by atoms with van der Waals surface area (Å²) >= 11 is 5.92. The zero-order valence-corrected chi connectivity index (χ0v) is 14.4. The van der Waals surface area contributed by atoms with Crippen LogP contribution in [0.25, 0.3) is 0 Å². The van der Waals surface area contributed by atoms with Crippen molar-refractivity contribution in [1.82, 2.24) is 10.2 Å². The molecule has 1 atom stereocenters. The summed E-state index contributed by atoms with van der Waals surface area (Å²) in [5, 5.41) is 3.87. The second kappa shape index (κ2) is 7.36. The lowest BCUT2D eigenvalue weighted by molar-refractivity contribution is -0.139. The van der Waals surface area contributed by atoms with Crippen molar-refractivity contribution in [2.45, 2.75) is 63.1 Å². The van der Waals surface area contributed by atoms with Gasteiger partial charge in [0, 0.05) is 30.5 Å². The van der Waals surface area contributed by atoms with Crippen molar-refractivity contribution in [2.75, 3.05) is 6.54 Å². The Morgan fingerprint density at radius 3 is 2.46 bits per heavy atom. The topological polar surface area (TPSA) is 32.3 Å². The SMILES string of the molecule is O=C([C@@H]1CCCN1)N(Cc1ccc(Cl)cc1)C1CCC(F)(F)CC1. The molecule has 3 rings (SSSR count). The number of nitrogens with zero attached hydrogens (tertiary/aromatic N) is 1. The summed E-state index contributed by atoms with van der Waals surface area (Å²) < 4.78 is 27.0. The molecule has 2 aliphatic rings. The zero-order valence-electron chi connectivity index (χ0n) is 13.6. The van der Waals surface area contributed by atoms with E-state index in [1.54, 1.807) is 12.1 Å². The van der Waals surface area contributed by atoms with E-state index in [9.17, 15) is 13.6 Å². The van der Waals surface area contributed by atoms with Crippen LogP contribution in [0.5, 0.6) is 0 Å². The van der Waals surface area contributed by atoms with E-state index in [1.165, 1.54) is 0 Å². The number of amides is 1. The van der Waals surface area contributed by atoms with E-state index in [0.29, 0.717) is 24.4 Å². The van der Waals surface area contributed by atoms with Crippen molar-refractivity contribution >= 4 is 17.5 Å². The van der Waals surface area contributed by atoms with Crippen LogP contribution in [0.4, 0.5) is 8.78 Å². The van der Waals surface area contributed by atoms with Crippen molar-refractivity contribution < 1.29 is 13.6 Å². The molecule has 1 saturated carbocycles. The van der Waals surface area contributed by atoms with E-state index in [1.807, 2.05) is 17.0 Å². The third-order valence-electron chi connectivity index (χ3n) is 5.04. The van der Waals surface area contributed by atoms with Crippen molar-refractivity contribution in [3.63, 3.8) is 0 Å². The molecule has 1 aliphatic heterocycles. The Kier molecular flexibility index (Phi) is 5.40. The van der Waals surface area contributed by atoms with Gasteiger partial charge in [-0.15, -0.1) is 0 Å². The summed E-state index contributed by atoms with van der Waals surface area (Å²) in [6.07, 6.45) is 2.24. The molecule has 1 N–H and O–H groups in total. The lowest BCUT2D eigenvalue weighted by Gasteiger charge is -2.38. The molecule has 6 heteroatoms. The summed E-state index contributed by atoms with van der Waals surface area (Å²) in [5.41, 5.74) is 0.975. The number of hydrogen-bond donors (Lipinski definition) is 1. The fraction of sp³-hybridized carbons (Fsp3) is 0.611. The minimum absolute atomic E-state index is 0.0395. The van der Waals surface area contributed by atoms with Crippen LogP contribution in [0, 0.1) is 0 Å². The highest BCUT2D eigenvalue weighted by Gasteiger charge is 2.39. The Morgan fingerprint density at radius 1 is 1.21 bits per heavy atom. The third kappa shape index (κ3) is 4.25. The summed E-state index contributed by atoms with van der Waals surface area (Å²) in [7, 11) is 0. The highest BCUT2D eigenvalue weighted by atomic mass is 35.5. The maximum absolute atomic E-state index is 13.5. The molecule has 1 aromatic carbocycles. The number of carbonyl (C=O) groups is 1. The molecule has 132 valence electrons. The predicted octanol–water partition coefficient (Wildman–Crippen LogP) is 4.00. The summed E-state index contributed by atoms with van der Waals surface area (Å²) in [6, 6.07) is 7.07. The monoisotopic (exact) mass is 356 g/mol. The Labute approximate surface area is 146 Å². The highest BCUT2D eigenvalue weighted by Crippen LogP contribution is 2.36. The molecule has 2 fully saturated rings. The fourth-order valence-electron chi connectivity index (χ4n) is 3.61. The van der Waals surface area contributed by atoms with Gasteiger partial charge >= 0.3 is 0 Å². The first-order valence-corrected chi connectivity index (χ1v) is 8.98. The minimum Gasteiger partial charge on any atom is -0.334 e. The third-order valence-corrected chi connectivity index (χ3v) is 5.29. The molecular formula is C18H23ClF2N2O. The van der Waals surface area contributed by atoms with E-state index >= 15 is 0 Å². The predicted molar refractivity (Wildman–Crippen MR) is 90.2 cm³/mol. The van der Waals surface area contributed by atoms with Crippen molar-refractivity contribution in [1.29, 1.82) is 0 Å². The van der Waals surface area contributed by atoms with Gasteiger partial charge in [0.1, 0.15) is 0 Å². The molecule has 1 heterocycles. The molecule has 1 aromatic rings. The quantitative estimate of drug-likeness (QED) is 0.884. The summed E-state index contributed by atoms with van der Waals surface area (Å²) in [6.45, 7) is 1.29. The summed E-state index contributed by atoms with van der Waals surface area (Å²) in [4.78, 5) is 14.7. The van der Waals surface area contributed by atoms with Crippen molar-refractivity contribution in [2.24, 2.45) is 0 Å². The van der Waals surface area contributed by atoms with Crippen molar-refractivity contribution in [3.8, 4) is 0 Å². The second-order valence-corrected chi connectivity index (χ2v) is 7.27. The molecule has 0 unspecified atom stereocenters. The number of nitrogens with one attached hydrogen (secondary N) is 1. The zero-order chi connectivity index (χ0) is 17.2. The maximum Gasteiger partial charge on any atom is 0.248 e. The van der Waals surface area contributed by atoms with E-state index in [0.717, 1.165) is 24.9 Å². The van der Waals surface area contributed by atoms with E-state index in [4.69, 9.17) is 11.6 Å². The van der Waals surface area contributed by atoms with E-state index < -0.39 is 5.92 Å². The number of rotatable bonds is 4. The standard InChI is InChI=1S/C18H23ClF2N2O/c19-14-5-3-13(4-6-14)12-23(17(24)16-2-1-11-22-16)15-7-9-18(20,21)10-8-15/h3-6,15-16,22H,1-2,7-12H2/t16-/m0/s1. The average Bonchev–Trinajstić information content (AvgIpc) is 3.09. The van der Waals surface area contributed by atoms with Gasteiger partial charge in [-0.3, -0.25) is 4.79 Å². The largest absolute Gasteiger partial charge is 0.334 e. The van der Waals surface area contributed by atoms with Gasteiger partial charge in [-0.05, 0) is 49.9 Å². The number of carbonyl (C=O) groups excluding carboxylic acids is 1. The van der Waals surface area contributed by atoms with Crippen LogP contribution < -0.4 is 5.32 Å². The fourth-order valence-corrected chi connectivity index (χ4v) is 3.73. The molecule has 0 bridgehead atoms. The Morgan fingerprint density at radius 2 is 1.88 bits per heavy atom. The molecule has 0 radical (unpaired) electrons. The molecule has 0 spiro atoms. The number of benzene rings is 1. The Balaban J connectivity index is 1.75. The lowest BCUT2D eigenvalue weighted by atomic mass is 9.90. The first-order valence-electron chi connectivity index (χ1n) is 8.61. The molecule has 24 heavy (non-hydrogen) atoms. The Hall–Kier alpha value is -1.20. The number of alkyl halides is 2. The van der Waals surface area contributed by atoms with Gasteiger partial charge in [0.15, 0.2) is 0 Å². The molecule has 1 aliphatic carbocycles. The summed E-state index contributed by atoms with van der Waals surface area (Å²) in [5.74, 6) is -2.55. The van der Waals surface area contributed by atoms with Gasteiger partial charge in [-0.2, -0.15) is 0 Å². The Bertz CT molecular complexity index is 563. The molecule has 1 amide bonds. The van der Waals surface area contributed by atoms with Crippen LogP contribution in [0.1, 0.15) is 44.1 Å². The van der Waals surface area contributed by atoms with Gasteiger partial charge in [-0.1, -0.05) is 23.7 Å². The van der Waals surface area contributed by atoms with Gasteiger partial charge < -0.3 is 10.2 Å². The highest BCUT2D eigenvalue weighted by molar-refractivity contribution is 6.30. The smallest absolute Gasteiger partial charge is 0.248 e. The molecule has 0 aromatic heterocycles. The molecule has 3 nitrogen and oxygen atoms in total. The van der Waals surface area contributed by atoms with Crippen LogP contribution in [0.3, 0.4) is 0 Å². The number of halogens is 3. The normalized spacial score (nSPS) is 24.0.